The summed E-state index contributed by atoms with van der Waals surface area (Å²) in [5.74, 6) is -0.410. The van der Waals surface area contributed by atoms with E-state index in [-0.39, 0.29) is 18.4 Å². The van der Waals surface area contributed by atoms with Crippen molar-refractivity contribution in [2.45, 2.75) is 58.7 Å². The first-order valence-electron chi connectivity index (χ1n) is 10.5. The monoisotopic (exact) mass is 436 g/mol. The number of benzene rings is 1. The summed E-state index contributed by atoms with van der Waals surface area (Å²) < 4.78 is 1.69. The Labute approximate surface area is 186 Å². The van der Waals surface area contributed by atoms with Crippen LogP contribution in [0.1, 0.15) is 50.7 Å². The Kier molecular flexibility index (Phi) is 5.25. The Bertz CT molecular complexity index is 1130. The molecule has 1 aliphatic heterocycles. The van der Waals surface area contributed by atoms with Crippen LogP contribution in [0.4, 0.5) is 5.69 Å². The summed E-state index contributed by atoms with van der Waals surface area (Å²) in [6.45, 7) is 9.98. The second-order valence-electron chi connectivity index (χ2n) is 9.15. The minimum Gasteiger partial charge on any atom is -0.349 e. The second-order valence-corrected chi connectivity index (χ2v) is 10.1. The SMILES string of the molecule is CCc1ccccc1N1C(=O)c2cc(-c3cccs3)nn2CC1(C)C(=O)NC(C)(C)C. The van der Waals surface area contributed by atoms with Crippen LogP contribution in [0.2, 0.25) is 0 Å². The van der Waals surface area contributed by atoms with E-state index in [0.29, 0.717) is 5.69 Å². The van der Waals surface area contributed by atoms with Crippen molar-refractivity contribution >= 4 is 28.8 Å². The maximum absolute atomic E-state index is 13.8. The van der Waals surface area contributed by atoms with Gasteiger partial charge in [-0.15, -0.1) is 11.3 Å². The number of fused-ring (bicyclic) bond motifs is 1. The predicted molar refractivity (Wildman–Crippen MR) is 124 cm³/mol. The highest BCUT2D eigenvalue weighted by atomic mass is 32.1. The quantitative estimate of drug-likeness (QED) is 0.654. The van der Waals surface area contributed by atoms with Crippen LogP contribution in [0.25, 0.3) is 10.6 Å². The Morgan fingerprint density at radius 2 is 1.97 bits per heavy atom. The number of aromatic nitrogens is 2. The van der Waals surface area contributed by atoms with Crippen molar-refractivity contribution in [1.29, 1.82) is 0 Å². The Hall–Kier alpha value is -2.93. The lowest BCUT2D eigenvalue weighted by Gasteiger charge is -2.44. The Morgan fingerprint density at radius 3 is 2.61 bits per heavy atom. The van der Waals surface area contributed by atoms with Gasteiger partial charge < -0.3 is 5.32 Å². The Balaban J connectivity index is 1.87. The van der Waals surface area contributed by atoms with E-state index in [1.165, 1.54) is 0 Å². The zero-order chi connectivity index (χ0) is 22.4. The predicted octanol–water partition coefficient (Wildman–Crippen LogP) is 4.51. The highest BCUT2D eigenvalue weighted by molar-refractivity contribution is 7.13. The number of nitrogens with one attached hydrogen (secondary N) is 1. The van der Waals surface area contributed by atoms with E-state index in [1.54, 1.807) is 20.9 Å². The maximum Gasteiger partial charge on any atom is 0.277 e. The van der Waals surface area contributed by atoms with Crippen LogP contribution in [0.15, 0.2) is 47.8 Å². The third-order valence-electron chi connectivity index (χ3n) is 5.52. The molecule has 1 unspecified atom stereocenters. The number of hydrogen-bond donors (Lipinski definition) is 1. The van der Waals surface area contributed by atoms with Crippen molar-refractivity contribution in [3.8, 4) is 10.6 Å². The zero-order valence-corrected chi connectivity index (χ0v) is 19.4. The molecule has 6 nitrogen and oxygen atoms in total. The van der Waals surface area contributed by atoms with Gasteiger partial charge in [-0.1, -0.05) is 31.2 Å². The van der Waals surface area contributed by atoms with E-state index in [9.17, 15) is 9.59 Å². The minimum atomic E-state index is -1.12. The van der Waals surface area contributed by atoms with Crippen LogP contribution in [0.3, 0.4) is 0 Å². The van der Waals surface area contributed by atoms with Gasteiger partial charge in [-0.2, -0.15) is 5.10 Å². The smallest absolute Gasteiger partial charge is 0.277 e. The van der Waals surface area contributed by atoms with Gasteiger partial charge in [0.15, 0.2) is 0 Å². The third kappa shape index (κ3) is 3.78. The maximum atomic E-state index is 13.8. The first-order chi connectivity index (χ1) is 14.6. The van der Waals surface area contributed by atoms with Gasteiger partial charge in [0.05, 0.1) is 11.4 Å². The number of amides is 2. The lowest BCUT2D eigenvalue weighted by atomic mass is 9.91. The lowest BCUT2D eigenvalue weighted by molar-refractivity contribution is -0.128. The molecule has 1 N–H and O–H groups in total. The minimum absolute atomic E-state index is 0.196. The number of para-hydroxylation sites is 1. The molecular weight excluding hydrogens is 408 g/mol. The molecule has 0 fully saturated rings. The largest absolute Gasteiger partial charge is 0.349 e. The van der Waals surface area contributed by atoms with E-state index >= 15 is 0 Å². The molecule has 2 aromatic heterocycles. The van der Waals surface area contributed by atoms with Gasteiger partial charge in [0, 0.05) is 11.2 Å². The van der Waals surface area contributed by atoms with Gasteiger partial charge in [-0.3, -0.25) is 19.2 Å². The van der Waals surface area contributed by atoms with Gasteiger partial charge in [0.25, 0.3) is 5.91 Å². The summed E-state index contributed by atoms with van der Waals surface area (Å²) in [7, 11) is 0. The van der Waals surface area contributed by atoms with Gasteiger partial charge in [0.2, 0.25) is 5.91 Å². The molecule has 7 heteroatoms. The molecule has 31 heavy (non-hydrogen) atoms. The molecule has 1 aliphatic rings. The fourth-order valence-electron chi connectivity index (χ4n) is 4.01. The number of nitrogens with zero attached hydrogens (tertiary/aromatic N) is 3. The summed E-state index contributed by atoms with van der Waals surface area (Å²) in [6.07, 6.45) is 0.761. The average Bonchev–Trinajstić information content (AvgIpc) is 3.36. The molecule has 4 rings (SSSR count). The average molecular weight is 437 g/mol. The lowest BCUT2D eigenvalue weighted by Crippen LogP contribution is -2.66. The van der Waals surface area contributed by atoms with Crippen molar-refractivity contribution in [3.05, 3.63) is 59.1 Å². The molecule has 0 saturated heterocycles. The van der Waals surface area contributed by atoms with Crippen LogP contribution in [0, 0.1) is 0 Å². The molecule has 3 aromatic rings. The van der Waals surface area contributed by atoms with Crippen molar-refractivity contribution in [2.24, 2.45) is 0 Å². The van der Waals surface area contributed by atoms with Crippen molar-refractivity contribution in [2.75, 3.05) is 4.90 Å². The molecular formula is C24H28N4O2S. The number of anilines is 1. The van der Waals surface area contributed by atoms with E-state index in [1.807, 2.05) is 75.5 Å². The molecule has 1 aromatic carbocycles. The number of carbonyl (C=O) groups is 2. The van der Waals surface area contributed by atoms with Crippen molar-refractivity contribution in [1.82, 2.24) is 15.1 Å². The van der Waals surface area contributed by atoms with Gasteiger partial charge in [-0.05, 0) is 63.3 Å². The zero-order valence-electron chi connectivity index (χ0n) is 18.6. The third-order valence-corrected chi connectivity index (χ3v) is 6.41. The van der Waals surface area contributed by atoms with Gasteiger partial charge in [-0.25, -0.2) is 0 Å². The van der Waals surface area contributed by atoms with Crippen molar-refractivity contribution < 1.29 is 9.59 Å². The van der Waals surface area contributed by atoms with Crippen LogP contribution >= 0.6 is 11.3 Å². The van der Waals surface area contributed by atoms with Gasteiger partial charge >= 0.3 is 0 Å². The molecule has 162 valence electrons. The summed E-state index contributed by atoms with van der Waals surface area (Å²) in [5, 5.41) is 9.75. The molecule has 3 heterocycles. The van der Waals surface area contributed by atoms with Crippen LogP contribution in [-0.2, 0) is 17.8 Å². The van der Waals surface area contributed by atoms with E-state index in [0.717, 1.165) is 28.2 Å². The molecule has 0 saturated carbocycles. The topological polar surface area (TPSA) is 67.2 Å². The number of rotatable bonds is 4. The van der Waals surface area contributed by atoms with Crippen LogP contribution < -0.4 is 10.2 Å². The van der Waals surface area contributed by atoms with E-state index < -0.39 is 11.1 Å². The molecule has 1 atom stereocenters. The number of hydrogen-bond acceptors (Lipinski definition) is 4. The molecule has 0 radical (unpaired) electrons. The number of thiophene rings is 1. The highest BCUT2D eigenvalue weighted by Crippen LogP contribution is 2.36. The Morgan fingerprint density at radius 1 is 1.23 bits per heavy atom. The normalized spacial score (nSPS) is 18.7. The highest BCUT2D eigenvalue weighted by Gasteiger charge is 2.50. The summed E-state index contributed by atoms with van der Waals surface area (Å²) in [6, 6.07) is 13.6. The fourth-order valence-corrected chi connectivity index (χ4v) is 4.69. The van der Waals surface area contributed by atoms with Gasteiger partial charge in [0.1, 0.15) is 16.9 Å². The number of aryl methyl sites for hydroxylation is 1. The first-order valence-corrected chi connectivity index (χ1v) is 11.4. The molecule has 0 spiro atoms. The summed E-state index contributed by atoms with van der Waals surface area (Å²) >= 11 is 1.58. The van der Waals surface area contributed by atoms with Crippen LogP contribution in [0.5, 0.6) is 0 Å². The summed E-state index contributed by atoms with van der Waals surface area (Å²) in [4.78, 5) is 30.1. The standard InChI is InChI=1S/C24H28N4O2S/c1-6-16-10-7-8-11-18(16)28-21(29)19-14-17(20-12-9-13-31-20)26-27(19)15-24(28,5)22(30)25-23(2,3)4/h7-14H,6,15H2,1-5H3,(H,25,30). The summed E-state index contributed by atoms with van der Waals surface area (Å²) in [5.41, 5.74) is 1.49. The molecule has 2 amide bonds. The molecule has 0 aliphatic carbocycles. The van der Waals surface area contributed by atoms with E-state index in [4.69, 9.17) is 0 Å². The molecule has 0 bridgehead atoms. The van der Waals surface area contributed by atoms with Crippen LogP contribution in [-0.4, -0.2) is 32.7 Å². The first kappa shape index (κ1) is 21.3. The fraction of sp³-hybridized carbons (Fsp3) is 0.375. The second kappa shape index (κ2) is 7.64. The van der Waals surface area contributed by atoms with Crippen molar-refractivity contribution in [3.63, 3.8) is 0 Å². The van der Waals surface area contributed by atoms with E-state index in [2.05, 4.69) is 17.3 Å². The number of carbonyl (C=O) groups excluding carboxylic acids is 2.